The second kappa shape index (κ2) is 10.9. The summed E-state index contributed by atoms with van der Waals surface area (Å²) in [7, 11) is -3.78. The summed E-state index contributed by atoms with van der Waals surface area (Å²) >= 11 is 11.9. The van der Waals surface area contributed by atoms with E-state index in [2.05, 4.69) is 5.32 Å². The maximum atomic E-state index is 13.0. The summed E-state index contributed by atoms with van der Waals surface area (Å²) in [5.41, 5.74) is 0.301. The summed E-state index contributed by atoms with van der Waals surface area (Å²) in [5.74, 6) is 0.0153. The Morgan fingerprint density at radius 1 is 1.00 bits per heavy atom. The van der Waals surface area contributed by atoms with Crippen molar-refractivity contribution in [2.75, 3.05) is 31.6 Å². The molecule has 0 aromatic heterocycles. The van der Waals surface area contributed by atoms with Crippen LogP contribution >= 0.6 is 23.2 Å². The summed E-state index contributed by atoms with van der Waals surface area (Å²) in [4.78, 5) is 12.3. The van der Waals surface area contributed by atoms with Crippen molar-refractivity contribution in [2.24, 2.45) is 0 Å². The Balaban J connectivity index is 2.21. The number of hydrogen-bond donors (Lipinski definition) is 1. The highest BCUT2D eigenvalue weighted by Gasteiger charge is 2.26. The second-order valence-electron chi connectivity index (χ2n) is 6.10. The first-order chi connectivity index (χ1) is 14.2. The van der Waals surface area contributed by atoms with Crippen LogP contribution in [-0.4, -0.2) is 44.9 Å². The molecule has 0 aliphatic heterocycles. The summed E-state index contributed by atoms with van der Waals surface area (Å²) in [6.45, 7) is 5.88. The number of halogens is 2. The molecule has 0 radical (unpaired) electrons. The van der Waals surface area contributed by atoms with Crippen LogP contribution < -0.4 is 14.8 Å². The van der Waals surface area contributed by atoms with Crippen LogP contribution in [-0.2, 0) is 14.8 Å². The molecule has 10 heteroatoms. The van der Waals surface area contributed by atoms with Crippen molar-refractivity contribution in [3.05, 3.63) is 46.4 Å². The summed E-state index contributed by atoms with van der Waals surface area (Å²) in [6, 6.07) is 9.13. The van der Waals surface area contributed by atoms with Crippen molar-refractivity contribution in [1.29, 1.82) is 0 Å². The molecule has 0 saturated carbocycles. The molecular formula is C20H24Cl2N2O5S. The molecular weight excluding hydrogens is 451 g/mol. The molecule has 0 bridgehead atoms. The molecule has 0 saturated heterocycles. The second-order valence-corrected chi connectivity index (χ2v) is 8.85. The van der Waals surface area contributed by atoms with Gasteiger partial charge in [0.25, 0.3) is 5.91 Å². The molecule has 0 aliphatic rings. The molecule has 2 aromatic carbocycles. The predicted octanol–water partition coefficient (Wildman–Crippen LogP) is 4.44. The predicted molar refractivity (Wildman–Crippen MR) is 118 cm³/mol. The maximum absolute atomic E-state index is 13.0. The molecule has 1 amide bonds. The Kier molecular flexibility index (Phi) is 8.78. The zero-order valence-corrected chi connectivity index (χ0v) is 19.3. The molecule has 2 aromatic rings. The van der Waals surface area contributed by atoms with Crippen LogP contribution in [0.15, 0.2) is 41.3 Å². The van der Waals surface area contributed by atoms with Crippen molar-refractivity contribution in [2.45, 2.75) is 25.7 Å². The van der Waals surface area contributed by atoms with Gasteiger partial charge in [0.2, 0.25) is 10.0 Å². The summed E-state index contributed by atoms with van der Waals surface area (Å²) in [6.07, 6.45) is 0. The molecule has 30 heavy (non-hydrogen) atoms. The topological polar surface area (TPSA) is 84.9 Å². The molecule has 2 rings (SSSR count). The number of hydrogen-bond acceptors (Lipinski definition) is 5. The number of nitrogens with zero attached hydrogens (tertiary/aromatic N) is 1. The van der Waals surface area contributed by atoms with E-state index < -0.39 is 15.9 Å². The van der Waals surface area contributed by atoms with Crippen molar-refractivity contribution in [3.63, 3.8) is 0 Å². The van der Waals surface area contributed by atoms with E-state index in [4.69, 9.17) is 32.7 Å². The van der Waals surface area contributed by atoms with Crippen molar-refractivity contribution >= 4 is 44.8 Å². The van der Waals surface area contributed by atoms with E-state index in [9.17, 15) is 13.2 Å². The minimum absolute atomic E-state index is 0.00958. The molecule has 1 N–H and O–H groups in total. The SMILES string of the molecule is CCOc1ccc(NC(=O)COc2cc(Cl)ccc2Cl)cc1S(=O)(=O)N(CC)CC. The van der Waals surface area contributed by atoms with Crippen molar-refractivity contribution in [1.82, 2.24) is 4.31 Å². The molecule has 164 valence electrons. The smallest absolute Gasteiger partial charge is 0.262 e. The number of ether oxygens (including phenoxy) is 2. The highest BCUT2D eigenvalue weighted by molar-refractivity contribution is 7.89. The number of sulfonamides is 1. The van der Waals surface area contributed by atoms with Gasteiger partial charge in [0, 0.05) is 29.9 Å². The zero-order chi connectivity index (χ0) is 22.3. The van der Waals surface area contributed by atoms with Crippen LogP contribution in [0, 0.1) is 0 Å². The lowest BCUT2D eigenvalue weighted by Gasteiger charge is -2.21. The maximum Gasteiger partial charge on any atom is 0.262 e. The Bertz CT molecular complexity index is 995. The molecule has 0 heterocycles. The fourth-order valence-electron chi connectivity index (χ4n) is 2.69. The Morgan fingerprint density at radius 2 is 1.70 bits per heavy atom. The van der Waals surface area contributed by atoms with E-state index in [1.807, 2.05) is 0 Å². The first kappa shape index (κ1) is 24.3. The van der Waals surface area contributed by atoms with E-state index in [1.165, 1.54) is 22.5 Å². The lowest BCUT2D eigenvalue weighted by Crippen LogP contribution is -2.31. The van der Waals surface area contributed by atoms with Crippen LogP contribution in [0.25, 0.3) is 0 Å². The van der Waals surface area contributed by atoms with Gasteiger partial charge < -0.3 is 14.8 Å². The Morgan fingerprint density at radius 3 is 2.33 bits per heavy atom. The van der Waals surface area contributed by atoms with Crippen LogP contribution in [0.5, 0.6) is 11.5 Å². The van der Waals surface area contributed by atoms with E-state index in [0.29, 0.717) is 35.4 Å². The monoisotopic (exact) mass is 474 g/mol. The normalized spacial score (nSPS) is 11.4. The number of benzene rings is 2. The number of carbonyl (C=O) groups excluding carboxylic acids is 1. The van der Waals surface area contributed by atoms with Gasteiger partial charge in [-0.25, -0.2) is 8.42 Å². The fourth-order valence-corrected chi connectivity index (χ4v) is 4.64. The van der Waals surface area contributed by atoms with Gasteiger partial charge in [0.15, 0.2) is 6.61 Å². The fraction of sp³-hybridized carbons (Fsp3) is 0.350. The zero-order valence-electron chi connectivity index (χ0n) is 16.9. The van der Waals surface area contributed by atoms with Crippen molar-refractivity contribution in [3.8, 4) is 11.5 Å². The number of carbonyl (C=O) groups is 1. The van der Waals surface area contributed by atoms with Crippen molar-refractivity contribution < 1.29 is 22.7 Å². The van der Waals surface area contributed by atoms with Gasteiger partial charge in [-0.3, -0.25) is 4.79 Å². The van der Waals surface area contributed by atoms with Gasteiger partial charge in [-0.2, -0.15) is 4.31 Å². The highest BCUT2D eigenvalue weighted by Crippen LogP contribution is 2.30. The first-order valence-corrected chi connectivity index (χ1v) is 11.6. The average Bonchev–Trinajstić information content (AvgIpc) is 2.70. The van der Waals surface area contributed by atoms with Crippen LogP contribution in [0.3, 0.4) is 0 Å². The largest absolute Gasteiger partial charge is 0.492 e. The quantitative estimate of drug-likeness (QED) is 0.549. The molecule has 7 nitrogen and oxygen atoms in total. The van der Waals surface area contributed by atoms with Crippen LogP contribution in [0.4, 0.5) is 5.69 Å². The summed E-state index contributed by atoms with van der Waals surface area (Å²) in [5, 5.41) is 3.37. The average molecular weight is 475 g/mol. The molecule has 0 unspecified atom stereocenters. The third-order valence-corrected chi connectivity index (χ3v) is 6.72. The van der Waals surface area contributed by atoms with Crippen LogP contribution in [0.2, 0.25) is 10.0 Å². The number of rotatable bonds is 10. The molecule has 0 aliphatic carbocycles. The minimum atomic E-state index is -3.78. The van der Waals surface area contributed by atoms with Gasteiger partial charge in [-0.15, -0.1) is 0 Å². The van der Waals surface area contributed by atoms with E-state index in [1.54, 1.807) is 39.0 Å². The van der Waals surface area contributed by atoms with Gasteiger partial charge in [-0.1, -0.05) is 37.0 Å². The minimum Gasteiger partial charge on any atom is -0.492 e. The third-order valence-electron chi connectivity index (χ3n) is 4.10. The van der Waals surface area contributed by atoms with E-state index in [-0.39, 0.29) is 23.0 Å². The summed E-state index contributed by atoms with van der Waals surface area (Å²) < 4.78 is 38.2. The van der Waals surface area contributed by atoms with Gasteiger partial charge in [-0.05, 0) is 37.3 Å². The Hall–Kier alpha value is -2.00. The Labute approximate surface area is 186 Å². The lowest BCUT2D eigenvalue weighted by molar-refractivity contribution is -0.118. The standard InChI is InChI=1S/C20H24Cl2N2O5S/c1-4-24(5-2)30(26,27)19-12-15(8-10-17(19)28-6-3)23-20(25)13-29-18-11-14(21)7-9-16(18)22/h7-12H,4-6,13H2,1-3H3,(H,23,25). The van der Waals surface area contributed by atoms with E-state index >= 15 is 0 Å². The highest BCUT2D eigenvalue weighted by atomic mass is 35.5. The van der Waals surface area contributed by atoms with Gasteiger partial charge >= 0.3 is 0 Å². The number of amides is 1. The lowest BCUT2D eigenvalue weighted by atomic mass is 10.3. The molecule has 0 fully saturated rings. The molecule has 0 atom stereocenters. The van der Waals surface area contributed by atoms with Gasteiger partial charge in [0.1, 0.15) is 16.4 Å². The van der Waals surface area contributed by atoms with Gasteiger partial charge in [0.05, 0.1) is 11.6 Å². The third kappa shape index (κ3) is 6.01. The first-order valence-electron chi connectivity index (χ1n) is 9.37. The molecule has 0 spiro atoms. The number of nitrogens with one attached hydrogen (secondary N) is 1. The van der Waals surface area contributed by atoms with E-state index in [0.717, 1.165) is 0 Å². The van der Waals surface area contributed by atoms with Crippen LogP contribution in [0.1, 0.15) is 20.8 Å². The number of anilines is 1.